The largest absolute Gasteiger partial charge is 0.380 e. The summed E-state index contributed by atoms with van der Waals surface area (Å²) in [5, 5.41) is 15.1. The molecule has 31 heavy (non-hydrogen) atoms. The van der Waals surface area contributed by atoms with Crippen molar-refractivity contribution in [2.24, 2.45) is 0 Å². The Morgan fingerprint density at radius 3 is 2.35 bits per heavy atom. The van der Waals surface area contributed by atoms with E-state index in [4.69, 9.17) is 4.74 Å². The van der Waals surface area contributed by atoms with Gasteiger partial charge < -0.3 is 9.84 Å². The maximum Gasteiger partial charge on any atom is 0.144 e. The highest BCUT2D eigenvalue weighted by atomic mass is 19.2. The lowest BCUT2D eigenvalue weighted by molar-refractivity contribution is -0.111. The number of benzene rings is 2. The third-order valence-corrected chi connectivity index (χ3v) is 4.57. The number of nitrogens with zero attached hydrogens (tertiary/aromatic N) is 3. The van der Waals surface area contributed by atoms with Crippen LogP contribution in [0.1, 0.15) is 18.1 Å². The maximum absolute atomic E-state index is 14.4. The Hall–Kier alpha value is -3.29. The van der Waals surface area contributed by atoms with Crippen LogP contribution >= 0.6 is 0 Å². The van der Waals surface area contributed by atoms with Crippen LogP contribution in [0.2, 0.25) is 0 Å². The van der Waals surface area contributed by atoms with Gasteiger partial charge in [0.2, 0.25) is 0 Å². The zero-order valence-corrected chi connectivity index (χ0v) is 16.1. The topological polar surface area (TPSA) is 60.2 Å². The van der Waals surface area contributed by atoms with E-state index in [9.17, 15) is 27.1 Å². The second-order valence-corrected chi connectivity index (χ2v) is 6.64. The van der Waals surface area contributed by atoms with Gasteiger partial charge in [0.1, 0.15) is 53.9 Å². The summed E-state index contributed by atoms with van der Waals surface area (Å²) in [5.41, 5.74) is -2.90. The molecule has 0 bridgehead atoms. The molecule has 0 aliphatic rings. The molecule has 1 heterocycles. The average molecular weight is 437 g/mol. The summed E-state index contributed by atoms with van der Waals surface area (Å²) in [7, 11) is 0. The molecule has 1 aromatic heterocycles. The minimum Gasteiger partial charge on any atom is -0.380 e. The fraction of sp³-hybridized carbons (Fsp3) is 0.238. The molecule has 162 valence electrons. The molecule has 0 spiro atoms. The van der Waals surface area contributed by atoms with Gasteiger partial charge in [-0.15, -0.1) is 0 Å². The predicted octanol–water partition coefficient (Wildman–Crippen LogP) is 3.32. The lowest BCUT2D eigenvalue weighted by atomic mass is 9.88. The number of hydrogen-bond donors (Lipinski definition) is 1. The zero-order valence-electron chi connectivity index (χ0n) is 16.1. The highest BCUT2D eigenvalue weighted by Crippen LogP contribution is 2.31. The molecule has 1 N–H and O–H groups in total. The van der Waals surface area contributed by atoms with Gasteiger partial charge in [0.05, 0.1) is 18.2 Å². The molecule has 0 saturated carbocycles. The highest BCUT2D eigenvalue weighted by Gasteiger charge is 2.40. The van der Waals surface area contributed by atoms with Gasteiger partial charge in [-0.25, -0.2) is 31.6 Å². The van der Waals surface area contributed by atoms with Crippen LogP contribution in [-0.2, 0) is 16.9 Å². The minimum absolute atomic E-state index is 0.250. The molecular formula is C21H16F5N3O2. The first-order chi connectivity index (χ1) is 14.7. The van der Waals surface area contributed by atoms with Crippen molar-refractivity contribution in [3.8, 4) is 11.8 Å². The molecule has 0 radical (unpaired) electrons. The van der Waals surface area contributed by atoms with Gasteiger partial charge in [0, 0.05) is 23.8 Å². The predicted molar refractivity (Wildman–Crippen MR) is 98.9 cm³/mol. The molecular weight excluding hydrogens is 421 g/mol. The van der Waals surface area contributed by atoms with E-state index in [-0.39, 0.29) is 12.1 Å². The summed E-state index contributed by atoms with van der Waals surface area (Å²) in [4.78, 5) is 3.75. The molecule has 2 atom stereocenters. The Morgan fingerprint density at radius 1 is 1.06 bits per heavy atom. The summed E-state index contributed by atoms with van der Waals surface area (Å²) in [5.74, 6) is -0.690. The molecule has 0 fully saturated rings. The zero-order chi connectivity index (χ0) is 22.6. The van der Waals surface area contributed by atoms with Crippen molar-refractivity contribution in [1.82, 2.24) is 14.8 Å². The smallest absolute Gasteiger partial charge is 0.144 e. The van der Waals surface area contributed by atoms with Crippen molar-refractivity contribution in [2.45, 2.75) is 25.2 Å². The Labute approximate surface area is 174 Å². The first-order valence-electron chi connectivity index (χ1n) is 8.96. The lowest BCUT2D eigenvalue weighted by Crippen LogP contribution is -2.44. The number of ether oxygens (including phenoxy) is 1. The molecule has 0 unspecified atom stereocenters. The highest BCUT2D eigenvalue weighted by molar-refractivity contribution is 5.37. The molecule has 3 rings (SSSR count). The maximum atomic E-state index is 14.4. The number of rotatable bonds is 6. The van der Waals surface area contributed by atoms with E-state index >= 15 is 0 Å². The van der Waals surface area contributed by atoms with E-state index in [0.717, 1.165) is 12.1 Å². The Balaban J connectivity index is 1.82. The van der Waals surface area contributed by atoms with Crippen molar-refractivity contribution in [1.29, 1.82) is 0 Å². The summed E-state index contributed by atoms with van der Waals surface area (Å²) < 4.78 is 74.7. The first-order valence-corrected chi connectivity index (χ1v) is 8.96. The normalized spacial score (nSPS) is 13.9. The van der Waals surface area contributed by atoms with Gasteiger partial charge >= 0.3 is 0 Å². The van der Waals surface area contributed by atoms with Crippen LogP contribution in [0, 0.1) is 40.9 Å². The van der Waals surface area contributed by atoms with Crippen LogP contribution < -0.4 is 0 Å². The van der Waals surface area contributed by atoms with E-state index in [1.165, 1.54) is 24.3 Å². The number of aliphatic hydroxyl groups is 1. The van der Waals surface area contributed by atoms with E-state index in [1.54, 1.807) is 0 Å². The van der Waals surface area contributed by atoms with Crippen LogP contribution in [0.15, 0.2) is 43.0 Å². The standard InChI is InChI=1S/C21H16F5N3O2/c1-13(31-6-2-3-16-18(24)8-15(23)9-19(16)25)21(30,10-29-12-27-11-28-29)17-5-4-14(22)7-20(17)26/h4-5,7-9,11-13,30H,6,10H2,1H3/t13-,21-/m1/s1. The van der Waals surface area contributed by atoms with Crippen molar-refractivity contribution < 1.29 is 31.8 Å². The van der Waals surface area contributed by atoms with Crippen LogP contribution in [-0.4, -0.2) is 32.6 Å². The summed E-state index contributed by atoms with van der Waals surface area (Å²) in [6.07, 6.45) is 1.39. The monoisotopic (exact) mass is 437 g/mol. The molecule has 5 nitrogen and oxygen atoms in total. The van der Waals surface area contributed by atoms with E-state index < -0.39 is 53.0 Å². The van der Waals surface area contributed by atoms with E-state index in [2.05, 4.69) is 21.9 Å². The number of aromatic nitrogens is 3. The summed E-state index contributed by atoms with van der Waals surface area (Å²) >= 11 is 0. The second-order valence-electron chi connectivity index (χ2n) is 6.64. The minimum atomic E-state index is -2.01. The van der Waals surface area contributed by atoms with E-state index in [1.807, 2.05) is 0 Å². The van der Waals surface area contributed by atoms with Gasteiger partial charge in [0.15, 0.2) is 0 Å². The SMILES string of the molecule is C[C@@H](OCC#Cc1c(F)cc(F)cc1F)[C@](O)(Cn1cncn1)c1ccc(F)cc1F. The second kappa shape index (κ2) is 9.24. The average Bonchev–Trinajstić information content (AvgIpc) is 3.19. The molecule has 2 aromatic carbocycles. The van der Waals surface area contributed by atoms with Crippen LogP contribution in [0.5, 0.6) is 0 Å². The molecule has 0 aliphatic carbocycles. The summed E-state index contributed by atoms with van der Waals surface area (Å²) in [6.45, 7) is 0.728. The van der Waals surface area contributed by atoms with Gasteiger partial charge in [-0.3, -0.25) is 0 Å². The fourth-order valence-corrected chi connectivity index (χ4v) is 2.93. The number of halogens is 5. The Kier molecular flexibility index (Phi) is 6.68. The fourth-order valence-electron chi connectivity index (χ4n) is 2.93. The van der Waals surface area contributed by atoms with E-state index in [0.29, 0.717) is 18.2 Å². The van der Waals surface area contributed by atoms with Crippen molar-refractivity contribution in [3.63, 3.8) is 0 Å². The summed E-state index contributed by atoms with van der Waals surface area (Å²) in [6, 6.07) is 3.66. The molecule has 10 heteroatoms. The molecule has 0 aliphatic heterocycles. The van der Waals surface area contributed by atoms with Crippen molar-refractivity contribution in [2.75, 3.05) is 6.61 Å². The van der Waals surface area contributed by atoms with Crippen LogP contribution in [0.3, 0.4) is 0 Å². The Morgan fingerprint density at radius 2 is 1.74 bits per heavy atom. The molecule has 3 aromatic rings. The van der Waals surface area contributed by atoms with Gasteiger partial charge in [-0.1, -0.05) is 17.9 Å². The van der Waals surface area contributed by atoms with Gasteiger partial charge in [0.25, 0.3) is 0 Å². The number of hydrogen-bond acceptors (Lipinski definition) is 4. The molecule has 0 saturated heterocycles. The molecule has 0 amide bonds. The third-order valence-electron chi connectivity index (χ3n) is 4.57. The van der Waals surface area contributed by atoms with Crippen LogP contribution in [0.4, 0.5) is 22.0 Å². The van der Waals surface area contributed by atoms with Crippen molar-refractivity contribution in [3.05, 3.63) is 83.2 Å². The lowest BCUT2D eigenvalue weighted by Gasteiger charge is -2.34. The van der Waals surface area contributed by atoms with Gasteiger partial charge in [-0.05, 0) is 13.0 Å². The third kappa shape index (κ3) is 5.07. The van der Waals surface area contributed by atoms with Crippen LogP contribution in [0.25, 0.3) is 0 Å². The Bertz CT molecular complexity index is 1100. The van der Waals surface area contributed by atoms with Crippen molar-refractivity contribution >= 4 is 0 Å². The first kappa shape index (κ1) is 22.4. The van der Waals surface area contributed by atoms with Gasteiger partial charge in [-0.2, -0.15) is 5.10 Å². The quantitative estimate of drug-likeness (QED) is 0.475.